The zero-order valence-corrected chi connectivity index (χ0v) is 17.4. The summed E-state index contributed by atoms with van der Waals surface area (Å²) in [5, 5.41) is -0.423. The van der Waals surface area contributed by atoms with Crippen LogP contribution in [0.1, 0.15) is 5.69 Å². The van der Waals surface area contributed by atoms with Crippen LogP contribution in [-0.2, 0) is 20.4 Å². The predicted molar refractivity (Wildman–Crippen MR) is 100 cm³/mol. The Morgan fingerprint density at radius 3 is 2.32 bits per heavy atom. The average Bonchev–Trinajstić information content (AvgIpc) is 2.70. The summed E-state index contributed by atoms with van der Waals surface area (Å²) >= 11 is 5.82. The van der Waals surface area contributed by atoms with E-state index in [-0.39, 0.29) is 16.4 Å². The number of hydrogen-bond acceptors (Lipinski definition) is 6. The highest BCUT2D eigenvalue weighted by atomic mass is 35.5. The number of H-pyrrole nitrogens is 1. The van der Waals surface area contributed by atoms with Crippen LogP contribution >= 0.6 is 11.6 Å². The largest absolute Gasteiger partial charge is 0.497 e. The van der Waals surface area contributed by atoms with Crippen LogP contribution in [-0.4, -0.2) is 42.0 Å². The standard InChI is InChI=1S/C18H12ClF7N2O6/c1-32-8(2-15(30)34-7-17(21,22)23)6-33-12-4-11(10(20)3-9(12)19)28-14(29)5-13(18(24,25)26)27-16(28)31/h2-5H,6-7H2,1H3,(H,27,31). The number of halogens is 8. The van der Waals surface area contributed by atoms with Crippen LogP contribution in [0.2, 0.25) is 5.02 Å². The summed E-state index contributed by atoms with van der Waals surface area (Å²) in [7, 11) is 1.03. The molecule has 0 unspecified atom stereocenters. The number of methoxy groups -OCH3 is 1. The Balaban J connectivity index is 2.34. The van der Waals surface area contributed by atoms with E-state index in [1.807, 2.05) is 0 Å². The van der Waals surface area contributed by atoms with Gasteiger partial charge in [0.2, 0.25) is 0 Å². The SMILES string of the molecule is COC(=CC(=O)OCC(F)(F)F)COc1cc(-n2c(=O)cc(C(F)(F)F)[nH]c2=O)c(F)cc1Cl. The normalized spacial score (nSPS) is 12.4. The Morgan fingerprint density at radius 2 is 1.79 bits per heavy atom. The summed E-state index contributed by atoms with van der Waals surface area (Å²) in [6.45, 7) is -2.52. The van der Waals surface area contributed by atoms with Gasteiger partial charge in [-0.15, -0.1) is 0 Å². The molecule has 16 heteroatoms. The number of alkyl halides is 6. The summed E-state index contributed by atoms with van der Waals surface area (Å²) in [5.74, 6) is -3.48. The van der Waals surface area contributed by atoms with Crippen molar-refractivity contribution < 1.29 is 49.7 Å². The van der Waals surface area contributed by atoms with Crippen LogP contribution in [0.15, 0.2) is 39.6 Å². The van der Waals surface area contributed by atoms with Gasteiger partial charge < -0.3 is 19.2 Å². The fourth-order valence-electron chi connectivity index (χ4n) is 2.31. The highest BCUT2D eigenvalue weighted by molar-refractivity contribution is 6.32. The Morgan fingerprint density at radius 1 is 1.15 bits per heavy atom. The maximum absolute atomic E-state index is 14.4. The van der Waals surface area contributed by atoms with Gasteiger partial charge in [-0.25, -0.2) is 18.5 Å². The van der Waals surface area contributed by atoms with E-state index in [0.717, 1.165) is 7.11 Å². The second-order valence-electron chi connectivity index (χ2n) is 6.22. The number of ether oxygens (including phenoxy) is 3. The second kappa shape index (κ2) is 10.2. The molecule has 1 aromatic carbocycles. The molecule has 0 spiro atoms. The van der Waals surface area contributed by atoms with Crippen LogP contribution in [0.25, 0.3) is 5.69 Å². The number of carbonyl (C=O) groups excluding carboxylic acids is 1. The van der Waals surface area contributed by atoms with Crippen molar-refractivity contribution >= 4 is 17.6 Å². The summed E-state index contributed by atoms with van der Waals surface area (Å²) < 4.78 is 103. The number of nitrogens with zero attached hydrogens (tertiary/aromatic N) is 1. The van der Waals surface area contributed by atoms with Gasteiger partial charge >= 0.3 is 24.0 Å². The Labute approximate surface area is 189 Å². The Hall–Kier alpha value is -3.49. The molecule has 0 fully saturated rings. The predicted octanol–water partition coefficient (Wildman–Crippen LogP) is 3.35. The third kappa shape index (κ3) is 7.00. The van der Waals surface area contributed by atoms with Crippen molar-refractivity contribution in [3.8, 4) is 11.4 Å². The van der Waals surface area contributed by atoms with Crippen molar-refractivity contribution in [3.05, 3.63) is 67.4 Å². The highest BCUT2D eigenvalue weighted by Crippen LogP contribution is 2.30. The van der Waals surface area contributed by atoms with E-state index >= 15 is 0 Å². The van der Waals surface area contributed by atoms with E-state index in [2.05, 4.69) is 4.74 Å². The third-order valence-corrected chi connectivity index (χ3v) is 4.06. The topological polar surface area (TPSA) is 99.6 Å². The number of aromatic amines is 1. The molecule has 0 saturated heterocycles. The van der Waals surface area contributed by atoms with Gasteiger partial charge in [0.15, 0.2) is 6.61 Å². The molecule has 0 aliphatic carbocycles. The number of hydrogen-bond donors (Lipinski definition) is 1. The van der Waals surface area contributed by atoms with Gasteiger partial charge in [0.25, 0.3) is 5.56 Å². The van der Waals surface area contributed by atoms with E-state index in [9.17, 15) is 45.1 Å². The minimum absolute atomic E-state index is 0.0360. The van der Waals surface area contributed by atoms with Gasteiger partial charge in [0.1, 0.15) is 29.6 Å². The summed E-state index contributed by atoms with van der Waals surface area (Å²) in [4.78, 5) is 36.9. The summed E-state index contributed by atoms with van der Waals surface area (Å²) in [6, 6.07) is 1.33. The molecule has 0 saturated carbocycles. The number of aromatic nitrogens is 2. The van der Waals surface area contributed by atoms with Crippen molar-refractivity contribution in [2.75, 3.05) is 20.3 Å². The molecule has 0 bridgehead atoms. The molecule has 0 amide bonds. The molecule has 1 N–H and O–H groups in total. The van der Waals surface area contributed by atoms with Gasteiger partial charge in [-0.2, -0.15) is 26.3 Å². The second-order valence-corrected chi connectivity index (χ2v) is 6.63. The van der Waals surface area contributed by atoms with Gasteiger partial charge in [-0.05, 0) is 6.07 Å². The van der Waals surface area contributed by atoms with Crippen LogP contribution in [0.5, 0.6) is 5.75 Å². The number of benzene rings is 1. The lowest BCUT2D eigenvalue weighted by molar-refractivity contribution is -0.182. The van der Waals surface area contributed by atoms with Crippen LogP contribution in [0.3, 0.4) is 0 Å². The molecule has 34 heavy (non-hydrogen) atoms. The minimum Gasteiger partial charge on any atom is -0.497 e. The molecule has 1 heterocycles. The zero-order valence-electron chi connectivity index (χ0n) is 16.6. The average molecular weight is 521 g/mol. The van der Waals surface area contributed by atoms with E-state index in [0.29, 0.717) is 18.2 Å². The molecule has 8 nitrogen and oxygen atoms in total. The maximum Gasteiger partial charge on any atom is 0.431 e. The van der Waals surface area contributed by atoms with E-state index < -0.39 is 70.8 Å². The van der Waals surface area contributed by atoms with Crippen LogP contribution in [0, 0.1) is 5.82 Å². The molecule has 2 rings (SSSR count). The zero-order chi connectivity index (χ0) is 25.8. The number of nitrogens with one attached hydrogen (secondary N) is 1. The lowest BCUT2D eigenvalue weighted by atomic mass is 10.2. The molecule has 0 aliphatic heterocycles. The fraction of sp³-hybridized carbons (Fsp3) is 0.278. The number of carbonyl (C=O) groups is 1. The monoisotopic (exact) mass is 520 g/mol. The molecule has 1 aromatic heterocycles. The van der Waals surface area contributed by atoms with Gasteiger partial charge in [-0.1, -0.05) is 11.6 Å². The minimum atomic E-state index is -5.05. The quantitative estimate of drug-likeness (QED) is 0.260. The Kier molecular flexibility index (Phi) is 8.02. The van der Waals surface area contributed by atoms with Crippen molar-refractivity contribution in [1.82, 2.24) is 9.55 Å². The lowest BCUT2D eigenvalue weighted by Gasteiger charge is -2.14. The molecule has 0 radical (unpaired) electrons. The number of esters is 1. The molecule has 0 aliphatic rings. The van der Waals surface area contributed by atoms with E-state index in [1.54, 1.807) is 0 Å². The Bertz CT molecular complexity index is 1190. The fourth-order valence-corrected chi connectivity index (χ4v) is 2.52. The molecule has 0 atom stereocenters. The van der Waals surface area contributed by atoms with Crippen molar-refractivity contribution in [1.29, 1.82) is 0 Å². The molecular weight excluding hydrogens is 509 g/mol. The van der Waals surface area contributed by atoms with Gasteiger partial charge in [0, 0.05) is 12.1 Å². The smallest absolute Gasteiger partial charge is 0.431 e. The first-order chi connectivity index (χ1) is 15.6. The molecular formula is C18H12ClF7N2O6. The molecule has 186 valence electrons. The first kappa shape index (κ1) is 26.8. The van der Waals surface area contributed by atoms with Gasteiger partial charge in [0.05, 0.1) is 23.9 Å². The summed E-state index contributed by atoms with van der Waals surface area (Å²) in [6.07, 6.45) is -9.29. The van der Waals surface area contributed by atoms with Crippen LogP contribution in [0.4, 0.5) is 30.7 Å². The maximum atomic E-state index is 14.4. The van der Waals surface area contributed by atoms with Crippen LogP contribution < -0.4 is 16.0 Å². The highest BCUT2D eigenvalue weighted by Gasteiger charge is 2.33. The van der Waals surface area contributed by atoms with Crippen molar-refractivity contribution in [3.63, 3.8) is 0 Å². The van der Waals surface area contributed by atoms with Crippen molar-refractivity contribution in [2.24, 2.45) is 0 Å². The van der Waals surface area contributed by atoms with E-state index in [4.69, 9.17) is 21.1 Å². The van der Waals surface area contributed by atoms with E-state index in [1.165, 1.54) is 4.98 Å². The first-order valence-electron chi connectivity index (χ1n) is 8.66. The molecule has 2 aromatic rings. The third-order valence-electron chi connectivity index (χ3n) is 3.77. The lowest BCUT2D eigenvalue weighted by Crippen LogP contribution is -2.36. The number of rotatable bonds is 7. The first-order valence-corrected chi connectivity index (χ1v) is 9.04. The van der Waals surface area contributed by atoms with Crippen molar-refractivity contribution in [2.45, 2.75) is 12.4 Å². The summed E-state index contributed by atoms with van der Waals surface area (Å²) in [5.41, 5.74) is -5.62. The van der Waals surface area contributed by atoms with Gasteiger partial charge in [-0.3, -0.25) is 4.79 Å².